The van der Waals surface area contributed by atoms with E-state index in [0.717, 1.165) is 30.7 Å². The summed E-state index contributed by atoms with van der Waals surface area (Å²) in [6, 6.07) is 10.2. The molecule has 33 heavy (non-hydrogen) atoms. The largest absolute Gasteiger partial charge is 0.416 e. The van der Waals surface area contributed by atoms with Gasteiger partial charge in [-0.3, -0.25) is 9.89 Å². The van der Waals surface area contributed by atoms with Gasteiger partial charge in [0.2, 0.25) is 5.96 Å². The summed E-state index contributed by atoms with van der Waals surface area (Å²) >= 11 is 0. The molecule has 6 nitrogen and oxygen atoms in total. The Kier molecular flexibility index (Phi) is 7.15. The molecule has 174 valence electrons. The summed E-state index contributed by atoms with van der Waals surface area (Å²) in [5.74, 6) is -0.666. The van der Waals surface area contributed by atoms with E-state index in [1.165, 1.54) is 6.07 Å². The number of nitrogens with zero attached hydrogens (tertiary/aromatic N) is 2. The number of H-pyrrole nitrogens is 1. The van der Waals surface area contributed by atoms with Gasteiger partial charge in [0, 0.05) is 23.2 Å². The molecule has 1 unspecified atom stereocenters. The fourth-order valence-electron chi connectivity index (χ4n) is 2.81. The highest BCUT2D eigenvalue weighted by atomic mass is 19.4. The molecule has 0 aliphatic carbocycles. The zero-order valence-corrected chi connectivity index (χ0v) is 18.2. The Hall–Kier alpha value is -3.69. The van der Waals surface area contributed by atoms with Crippen LogP contribution in [0, 0.1) is 12.7 Å². The lowest BCUT2D eigenvalue weighted by molar-refractivity contribution is -0.137. The van der Waals surface area contributed by atoms with Crippen LogP contribution in [0.3, 0.4) is 0 Å². The molecule has 0 saturated carbocycles. The number of amides is 1. The predicted octanol–water partition coefficient (Wildman–Crippen LogP) is 5.54. The van der Waals surface area contributed by atoms with Crippen LogP contribution < -0.4 is 10.6 Å². The van der Waals surface area contributed by atoms with E-state index in [-0.39, 0.29) is 23.4 Å². The predicted molar refractivity (Wildman–Crippen MR) is 118 cm³/mol. The first kappa shape index (κ1) is 24.0. The minimum Gasteiger partial charge on any atom is -0.353 e. The van der Waals surface area contributed by atoms with Crippen molar-refractivity contribution in [2.75, 3.05) is 5.32 Å². The molecule has 1 atom stereocenters. The molecule has 0 saturated heterocycles. The van der Waals surface area contributed by atoms with Crippen molar-refractivity contribution in [3.63, 3.8) is 0 Å². The second kappa shape index (κ2) is 9.85. The van der Waals surface area contributed by atoms with Gasteiger partial charge in [-0.25, -0.2) is 4.39 Å². The maximum absolute atomic E-state index is 13.9. The van der Waals surface area contributed by atoms with Gasteiger partial charge in [0.1, 0.15) is 5.82 Å². The summed E-state index contributed by atoms with van der Waals surface area (Å²) in [5.41, 5.74) is 0.813. The lowest BCUT2D eigenvalue weighted by atomic mass is 10.1. The van der Waals surface area contributed by atoms with Gasteiger partial charge in [-0.1, -0.05) is 19.1 Å². The van der Waals surface area contributed by atoms with Crippen LogP contribution >= 0.6 is 0 Å². The lowest BCUT2D eigenvalue weighted by Crippen LogP contribution is -2.38. The number of alkyl halides is 3. The van der Waals surface area contributed by atoms with Crippen molar-refractivity contribution in [2.45, 2.75) is 39.4 Å². The molecule has 0 fully saturated rings. The van der Waals surface area contributed by atoms with E-state index in [1.807, 2.05) is 13.8 Å². The Morgan fingerprint density at radius 1 is 1.15 bits per heavy atom. The molecule has 10 heteroatoms. The highest BCUT2D eigenvalue weighted by molar-refractivity contribution is 6.06. The van der Waals surface area contributed by atoms with Crippen molar-refractivity contribution in [1.29, 1.82) is 0 Å². The quantitative estimate of drug-likeness (QED) is 0.265. The molecule has 2 aromatic carbocycles. The molecule has 0 aliphatic heterocycles. The average molecular weight is 461 g/mol. The number of aromatic amines is 1. The fraction of sp³-hybridized carbons (Fsp3) is 0.261. The van der Waals surface area contributed by atoms with Gasteiger partial charge >= 0.3 is 6.18 Å². The number of rotatable bonds is 5. The van der Waals surface area contributed by atoms with E-state index in [0.29, 0.717) is 22.6 Å². The van der Waals surface area contributed by atoms with Gasteiger partial charge in [-0.05, 0) is 56.2 Å². The van der Waals surface area contributed by atoms with E-state index in [4.69, 9.17) is 0 Å². The van der Waals surface area contributed by atoms with Crippen molar-refractivity contribution in [3.05, 3.63) is 71.0 Å². The molecule has 0 spiro atoms. The summed E-state index contributed by atoms with van der Waals surface area (Å²) < 4.78 is 52.2. The third kappa shape index (κ3) is 6.18. The standard InChI is InChI=1S/C23H23F4N5O/c1-4-14(3)28-22(30-21(33)15-7-9-17(10-8-15)23(25,26)27)29-20-12-19(31-32-20)16-6-5-13(2)18(24)11-16/h5-12,14H,4H2,1-3H3,(H3,28,29,30,31,32,33). The monoisotopic (exact) mass is 461 g/mol. The molecular weight excluding hydrogens is 438 g/mol. The minimum absolute atomic E-state index is 0.00565. The molecular formula is C23H23F4N5O. The number of aromatic nitrogens is 2. The summed E-state index contributed by atoms with van der Waals surface area (Å²) in [4.78, 5) is 16.5. The number of carbonyl (C=O) groups excluding carboxylic acids is 1. The van der Waals surface area contributed by atoms with Crippen LogP contribution in [0.15, 0.2) is 53.5 Å². The number of halogens is 4. The summed E-state index contributed by atoms with van der Waals surface area (Å²) in [6.07, 6.45) is -3.77. The Morgan fingerprint density at radius 2 is 1.85 bits per heavy atom. The number of anilines is 1. The summed E-state index contributed by atoms with van der Waals surface area (Å²) in [5, 5.41) is 12.9. The number of carbonyl (C=O) groups is 1. The third-order valence-electron chi connectivity index (χ3n) is 4.98. The number of benzene rings is 2. The number of aryl methyl sites for hydroxylation is 1. The second-order valence-corrected chi connectivity index (χ2v) is 7.55. The molecule has 0 radical (unpaired) electrons. The molecule has 1 heterocycles. The first-order valence-electron chi connectivity index (χ1n) is 10.2. The Morgan fingerprint density at radius 3 is 2.45 bits per heavy atom. The van der Waals surface area contributed by atoms with Gasteiger partial charge in [0.15, 0.2) is 5.82 Å². The van der Waals surface area contributed by atoms with E-state index in [1.54, 1.807) is 25.1 Å². The number of hydrogen-bond donors (Lipinski definition) is 3. The highest BCUT2D eigenvalue weighted by Crippen LogP contribution is 2.29. The number of hydrogen-bond acceptors (Lipinski definition) is 2. The van der Waals surface area contributed by atoms with Crippen molar-refractivity contribution < 1.29 is 22.4 Å². The third-order valence-corrected chi connectivity index (χ3v) is 4.98. The Bertz CT molecular complexity index is 1150. The Balaban J connectivity index is 1.82. The van der Waals surface area contributed by atoms with E-state index in [2.05, 4.69) is 25.8 Å². The van der Waals surface area contributed by atoms with Gasteiger partial charge in [-0.2, -0.15) is 23.3 Å². The molecule has 3 N–H and O–H groups in total. The zero-order chi connectivity index (χ0) is 24.2. The van der Waals surface area contributed by atoms with Crippen LogP contribution in [0.2, 0.25) is 0 Å². The number of guanidine groups is 1. The van der Waals surface area contributed by atoms with Crippen molar-refractivity contribution in [2.24, 2.45) is 4.99 Å². The van der Waals surface area contributed by atoms with Crippen LogP contribution in [0.4, 0.5) is 23.4 Å². The van der Waals surface area contributed by atoms with E-state index in [9.17, 15) is 22.4 Å². The normalized spacial score (nSPS) is 13.0. The maximum atomic E-state index is 13.9. The zero-order valence-electron chi connectivity index (χ0n) is 18.2. The van der Waals surface area contributed by atoms with E-state index >= 15 is 0 Å². The molecule has 3 rings (SSSR count). The minimum atomic E-state index is -4.49. The van der Waals surface area contributed by atoms with Crippen LogP contribution in [0.25, 0.3) is 11.3 Å². The van der Waals surface area contributed by atoms with Crippen molar-refractivity contribution >= 4 is 17.7 Å². The summed E-state index contributed by atoms with van der Waals surface area (Å²) in [7, 11) is 0. The van der Waals surface area contributed by atoms with Gasteiger partial charge < -0.3 is 10.6 Å². The van der Waals surface area contributed by atoms with E-state index < -0.39 is 17.6 Å². The van der Waals surface area contributed by atoms with Gasteiger partial charge in [-0.15, -0.1) is 0 Å². The average Bonchev–Trinajstić information content (AvgIpc) is 3.23. The topological polar surface area (TPSA) is 82.2 Å². The number of aliphatic imine (C=N–C) groups is 1. The fourth-order valence-corrected chi connectivity index (χ4v) is 2.81. The lowest BCUT2D eigenvalue weighted by Gasteiger charge is -2.15. The van der Waals surface area contributed by atoms with Crippen LogP contribution in [0.1, 0.15) is 41.8 Å². The maximum Gasteiger partial charge on any atom is 0.416 e. The summed E-state index contributed by atoms with van der Waals surface area (Å²) in [6.45, 7) is 5.48. The molecule has 1 amide bonds. The molecule has 3 aromatic rings. The van der Waals surface area contributed by atoms with Crippen molar-refractivity contribution in [3.8, 4) is 11.3 Å². The first-order chi connectivity index (χ1) is 15.6. The Labute approximate surface area is 188 Å². The smallest absolute Gasteiger partial charge is 0.353 e. The van der Waals surface area contributed by atoms with Gasteiger partial charge in [0.05, 0.1) is 11.3 Å². The number of nitrogens with one attached hydrogen (secondary N) is 3. The molecule has 0 aliphatic rings. The van der Waals surface area contributed by atoms with Crippen LogP contribution in [-0.4, -0.2) is 28.1 Å². The molecule has 0 bridgehead atoms. The second-order valence-electron chi connectivity index (χ2n) is 7.55. The highest BCUT2D eigenvalue weighted by Gasteiger charge is 2.30. The SMILES string of the molecule is CCC(C)N/C(=N/C(=O)c1ccc(C(F)(F)F)cc1)Nc1cc(-c2ccc(C)c(F)c2)[nH]n1. The molecule has 1 aromatic heterocycles. The van der Waals surface area contributed by atoms with Crippen LogP contribution in [-0.2, 0) is 6.18 Å². The van der Waals surface area contributed by atoms with Gasteiger partial charge in [0.25, 0.3) is 5.91 Å². The van der Waals surface area contributed by atoms with Crippen molar-refractivity contribution in [1.82, 2.24) is 15.5 Å². The first-order valence-corrected chi connectivity index (χ1v) is 10.2. The van der Waals surface area contributed by atoms with Crippen LogP contribution in [0.5, 0.6) is 0 Å².